The quantitative estimate of drug-likeness (QED) is 0.826. The Morgan fingerprint density at radius 2 is 1.95 bits per heavy atom. The summed E-state index contributed by atoms with van der Waals surface area (Å²) >= 11 is 0. The Morgan fingerprint density at radius 3 is 2.47 bits per heavy atom. The fourth-order valence-electron chi connectivity index (χ4n) is 1.65. The Hall–Kier alpha value is -1.75. The van der Waals surface area contributed by atoms with Crippen LogP contribution in [0.2, 0.25) is 0 Å². The third kappa shape index (κ3) is 3.86. The maximum atomic E-state index is 12.0. The van der Waals surface area contributed by atoms with Crippen LogP contribution in [0.15, 0.2) is 18.2 Å². The van der Waals surface area contributed by atoms with E-state index in [0.29, 0.717) is 17.2 Å². The van der Waals surface area contributed by atoms with Gasteiger partial charge in [-0.3, -0.25) is 4.79 Å². The summed E-state index contributed by atoms with van der Waals surface area (Å²) in [5, 5.41) is 2.78. The van der Waals surface area contributed by atoms with E-state index in [1.165, 1.54) is 0 Å². The second kappa shape index (κ2) is 6.99. The van der Waals surface area contributed by atoms with E-state index in [1.54, 1.807) is 32.4 Å². The number of rotatable bonds is 6. The minimum atomic E-state index is -0.516. The molecule has 1 rings (SSSR count). The maximum Gasteiger partial charge on any atom is 0.241 e. The van der Waals surface area contributed by atoms with Crippen molar-refractivity contribution in [2.45, 2.75) is 26.3 Å². The molecule has 1 aromatic rings. The molecule has 0 spiro atoms. The number of amides is 1. The van der Waals surface area contributed by atoms with Crippen LogP contribution in [-0.2, 0) is 4.79 Å². The average molecular weight is 266 g/mol. The summed E-state index contributed by atoms with van der Waals surface area (Å²) in [6, 6.07) is 4.68. The Morgan fingerprint density at radius 1 is 1.32 bits per heavy atom. The zero-order chi connectivity index (χ0) is 14.4. The van der Waals surface area contributed by atoms with Gasteiger partial charge in [0.25, 0.3) is 0 Å². The van der Waals surface area contributed by atoms with Gasteiger partial charge in [0.2, 0.25) is 5.91 Å². The summed E-state index contributed by atoms with van der Waals surface area (Å²) in [6.07, 6.45) is 0.862. The number of hydrogen-bond acceptors (Lipinski definition) is 4. The van der Waals surface area contributed by atoms with Gasteiger partial charge in [-0.2, -0.15) is 0 Å². The Kier molecular flexibility index (Phi) is 5.63. The lowest BCUT2D eigenvalue weighted by atomic mass is 9.99. The van der Waals surface area contributed by atoms with Gasteiger partial charge in [0.05, 0.1) is 20.3 Å². The highest BCUT2D eigenvalue weighted by molar-refractivity contribution is 5.95. The number of hydrogen-bond donors (Lipinski definition) is 2. The summed E-state index contributed by atoms with van der Waals surface area (Å²) < 4.78 is 10.3. The van der Waals surface area contributed by atoms with Crippen molar-refractivity contribution in [1.82, 2.24) is 0 Å². The van der Waals surface area contributed by atoms with Crippen molar-refractivity contribution in [3.8, 4) is 11.5 Å². The highest BCUT2D eigenvalue weighted by atomic mass is 16.5. The van der Waals surface area contributed by atoms with Crippen molar-refractivity contribution >= 4 is 11.6 Å². The summed E-state index contributed by atoms with van der Waals surface area (Å²) in [7, 11) is 3.11. The van der Waals surface area contributed by atoms with E-state index in [9.17, 15) is 4.79 Å². The molecule has 0 unspecified atom stereocenters. The normalized spacial score (nSPS) is 13.5. The molecule has 1 amide bonds. The molecule has 106 valence electrons. The molecule has 0 saturated heterocycles. The van der Waals surface area contributed by atoms with Gasteiger partial charge in [-0.1, -0.05) is 20.3 Å². The molecule has 0 heterocycles. The van der Waals surface area contributed by atoms with Crippen molar-refractivity contribution in [2.75, 3.05) is 19.5 Å². The van der Waals surface area contributed by atoms with E-state index in [0.717, 1.165) is 6.42 Å². The van der Waals surface area contributed by atoms with E-state index in [1.807, 2.05) is 13.8 Å². The lowest BCUT2D eigenvalue weighted by Crippen LogP contribution is -2.40. The second-order valence-electron chi connectivity index (χ2n) is 4.47. The summed E-state index contributed by atoms with van der Waals surface area (Å²) in [5.41, 5.74) is 6.52. The number of methoxy groups -OCH3 is 2. The van der Waals surface area contributed by atoms with Crippen LogP contribution in [0.5, 0.6) is 11.5 Å². The smallest absolute Gasteiger partial charge is 0.241 e. The first-order chi connectivity index (χ1) is 9.03. The molecular formula is C14H22N2O3. The van der Waals surface area contributed by atoms with E-state index in [2.05, 4.69) is 5.32 Å². The molecule has 0 aliphatic heterocycles. The fraction of sp³-hybridized carbons (Fsp3) is 0.500. The maximum absolute atomic E-state index is 12.0. The number of benzene rings is 1. The van der Waals surface area contributed by atoms with Gasteiger partial charge in [0.15, 0.2) is 11.5 Å². The van der Waals surface area contributed by atoms with Crippen molar-refractivity contribution in [3.05, 3.63) is 18.2 Å². The first kappa shape index (κ1) is 15.3. The van der Waals surface area contributed by atoms with Crippen LogP contribution in [-0.4, -0.2) is 26.2 Å². The van der Waals surface area contributed by atoms with Crippen molar-refractivity contribution in [3.63, 3.8) is 0 Å². The number of carbonyl (C=O) groups is 1. The number of nitrogens with one attached hydrogen (secondary N) is 1. The first-order valence-electron chi connectivity index (χ1n) is 6.31. The largest absolute Gasteiger partial charge is 0.493 e. The molecule has 0 saturated carbocycles. The number of carbonyl (C=O) groups excluding carboxylic acids is 1. The molecule has 5 heteroatoms. The topological polar surface area (TPSA) is 73.6 Å². The zero-order valence-corrected chi connectivity index (χ0v) is 11.9. The van der Waals surface area contributed by atoms with Gasteiger partial charge in [0.1, 0.15) is 0 Å². The van der Waals surface area contributed by atoms with E-state index in [-0.39, 0.29) is 11.8 Å². The number of anilines is 1. The lowest BCUT2D eigenvalue weighted by Gasteiger charge is -2.18. The van der Waals surface area contributed by atoms with E-state index in [4.69, 9.17) is 15.2 Å². The van der Waals surface area contributed by atoms with Crippen LogP contribution in [0.25, 0.3) is 0 Å². The van der Waals surface area contributed by atoms with Gasteiger partial charge in [-0.05, 0) is 18.1 Å². The van der Waals surface area contributed by atoms with Crippen LogP contribution >= 0.6 is 0 Å². The van der Waals surface area contributed by atoms with Crippen molar-refractivity contribution < 1.29 is 14.3 Å². The molecule has 0 aromatic heterocycles. The number of ether oxygens (including phenoxy) is 2. The van der Waals surface area contributed by atoms with Crippen LogP contribution in [0.1, 0.15) is 20.3 Å². The first-order valence-corrected chi connectivity index (χ1v) is 6.31. The highest BCUT2D eigenvalue weighted by Gasteiger charge is 2.19. The van der Waals surface area contributed by atoms with Crippen molar-refractivity contribution in [2.24, 2.45) is 11.7 Å². The summed E-state index contributed by atoms with van der Waals surface area (Å²) in [4.78, 5) is 12.0. The minimum Gasteiger partial charge on any atom is -0.493 e. The van der Waals surface area contributed by atoms with E-state index >= 15 is 0 Å². The number of nitrogens with two attached hydrogens (primary N) is 1. The van der Waals surface area contributed by atoms with E-state index < -0.39 is 6.04 Å². The van der Waals surface area contributed by atoms with Gasteiger partial charge in [0, 0.05) is 11.8 Å². The molecule has 19 heavy (non-hydrogen) atoms. The standard InChI is InChI=1S/C14H22N2O3/c1-5-9(2)13(15)14(17)16-10-6-7-11(18-3)12(8-10)19-4/h6-9,13H,5,15H2,1-4H3,(H,16,17)/t9-,13-/m0/s1. The highest BCUT2D eigenvalue weighted by Crippen LogP contribution is 2.29. The average Bonchev–Trinajstić information content (AvgIpc) is 2.45. The van der Waals surface area contributed by atoms with Crippen molar-refractivity contribution in [1.29, 1.82) is 0 Å². The zero-order valence-electron chi connectivity index (χ0n) is 11.9. The van der Waals surface area contributed by atoms with Crippen LogP contribution in [0, 0.1) is 5.92 Å². The summed E-state index contributed by atoms with van der Waals surface area (Å²) in [6.45, 7) is 3.97. The third-order valence-corrected chi connectivity index (χ3v) is 3.21. The molecule has 2 atom stereocenters. The molecule has 0 aliphatic carbocycles. The van der Waals surface area contributed by atoms with Crippen LogP contribution < -0.4 is 20.5 Å². The molecule has 0 bridgehead atoms. The second-order valence-corrected chi connectivity index (χ2v) is 4.47. The van der Waals surface area contributed by atoms with Gasteiger partial charge < -0.3 is 20.5 Å². The molecule has 0 fully saturated rings. The van der Waals surface area contributed by atoms with Crippen LogP contribution in [0.3, 0.4) is 0 Å². The Labute approximate surface area is 114 Å². The SMILES string of the molecule is CC[C@H](C)[C@H](N)C(=O)Nc1ccc(OC)c(OC)c1. The van der Waals surface area contributed by atoms with Crippen LogP contribution in [0.4, 0.5) is 5.69 Å². The molecule has 0 radical (unpaired) electrons. The molecule has 5 nitrogen and oxygen atoms in total. The van der Waals surface area contributed by atoms with Gasteiger partial charge >= 0.3 is 0 Å². The molecule has 3 N–H and O–H groups in total. The minimum absolute atomic E-state index is 0.139. The molecule has 1 aromatic carbocycles. The Balaban J connectivity index is 2.80. The van der Waals surface area contributed by atoms with Gasteiger partial charge in [-0.15, -0.1) is 0 Å². The predicted octanol–water partition coefficient (Wildman–Crippen LogP) is 2.02. The fourth-order valence-corrected chi connectivity index (χ4v) is 1.65. The molecular weight excluding hydrogens is 244 g/mol. The molecule has 0 aliphatic rings. The predicted molar refractivity (Wildman–Crippen MR) is 75.6 cm³/mol. The van der Waals surface area contributed by atoms with Gasteiger partial charge in [-0.25, -0.2) is 0 Å². The summed E-state index contributed by atoms with van der Waals surface area (Å²) in [5.74, 6) is 1.13. The third-order valence-electron chi connectivity index (χ3n) is 3.21. The Bertz CT molecular complexity index is 435. The monoisotopic (exact) mass is 266 g/mol. The lowest BCUT2D eigenvalue weighted by molar-refractivity contribution is -0.118.